The Kier molecular flexibility index (Phi) is 58.4. The number of aliphatic hydroxyl groups excluding tert-OH is 1. The van der Waals surface area contributed by atoms with E-state index >= 15 is 0 Å². The normalized spacial score (nSPS) is 13.9. The van der Waals surface area contributed by atoms with Crippen LogP contribution in [0.3, 0.4) is 0 Å². The van der Waals surface area contributed by atoms with Crippen LogP contribution in [0.5, 0.6) is 0 Å². The summed E-state index contributed by atoms with van der Waals surface area (Å²) in [5.74, 6) is -0.158. The first kappa shape index (κ1) is 75.7. The molecule has 0 radical (unpaired) electrons. The van der Waals surface area contributed by atoms with E-state index < -0.39 is 20.0 Å². The van der Waals surface area contributed by atoms with Crippen molar-refractivity contribution in [2.75, 3.05) is 40.9 Å². The quantitative estimate of drug-likeness (QED) is 0.0272. The van der Waals surface area contributed by atoms with Gasteiger partial charge in [-0.1, -0.05) is 320 Å². The van der Waals surface area contributed by atoms with Crippen molar-refractivity contribution in [3.05, 3.63) is 36.5 Å². The Labute approximate surface area is 480 Å². The van der Waals surface area contributed by atoms with E-state index in [4.69, 9.17) is 9.05 Å². The molecule has 3 unspecified atom stereocenters. The molecule has 0 aromatic heterocycles. The third kappa shape index (κ3) is 62.2. The standard InChI is InChI=1S/C68H133N2O6P/c1-6-8-10-12-14-16-18-20-22-24-26-28-30-31-32-33-34-35-36-37-38-39-40-42-44-46-48-50-52-54-56-58-60-62-68(72)69-66(65-76-77(73,74)75-64-63-70(3,4)5)67(71)61-59-57-55-53-51-49-47-45-43-41-29-27-25-23-21-19-17-15-13-11-9-7-2/h18,20,24,26,30-31,66-67,71H,6-17,19,21-23,25,27-29,32-65H2,1-5H3,(H-,69,72,73,74)/b20-18-,26-24-,31-30-. The molecule has 0 spiro atoms. The van der Waals surface area contributed by atoms with E-state index in [2.05, 4.69) is 55.6 Å². The minimum Gasteiger partial charge on any atom is -0.756 e. The number of amides is 1. The largest absolute Gasteiger partial charge is 0.756 e. The molecule has 0 aliphatic carbocycles. The number of hydrogen-bond donors (Lipinski definition) is 2. The van der Waals surface area contributed by atoms with Gasteiger partial charge in [0, 0.05) is 6.42 Å². The summed E-state index contributed by atoms with van der Waals surface area (Å²) < 4.78 is 23.5. The summed E-state index contributed by atoms with van der Waals surface area (Å²) in [4.78, 5) is 25.6. The van der Waals surface area contributed by atoms with Crippen molar-refractivity contribution >= 4 is 13.7 Å². The maximum Gasteiger partial charge on any atom is 0.268 e. The molecule has 1 amide bonds. The van der Waals surface area contributed by atoms with Crippen LogP contribution in [0, 0.1) is 0 Å². The van der Waals surface area contributed by atoms with E-state index in [0.717, 1.165) is 51.4 Å². The zero-order valence-corrected chi connectivity index (χ0v) is 53.1. The van der Waals surface area contributed by atoms with Crippen LogP contribution in [-0.4, -0.2) is 68.5 Å². The Bertz CT molecular complexity index is 1350. The van der Waals surface area contributed by atoms with E-state index in [-0.39, 0.29) is 19.1 Å². The number of allylic oxidation sites excluding steroid dienone is 6. The minimum atomic E-state index is -4.58. The number of unbranched alkanes of at least 4 members (excludes halogenated alkanes) is 44. The predicted octanol–water partition coefficient (Wildman–Crippen LogP) is 20.6. The number of quaternary nitrogens is 1. The number of nitrogens with one attached hydrogen (secondary N) is 1. The second-order valence-corrected chi connectivity index (χ2v) is 25.9. The third-order valence-electron chi connectivity index (χ3n) is 15.6. The molecule has 0 bridgehead atoms. The molecule has 456 valence electrons. The first-order chi connectivity index (χ1) is 37.5. The first-order valence-corrected chi connectivity index (χ1v) is 35.3. The van der Waals surface area contributed by atoms with E-state index in [1.54, 1.807) is 0 Å². The molecule has 77 heavy (non-hydrogen) atoms. The van der Waals surface area contributed by atoms with Crippen LogP contribution in [0.25, 0.3) is 0 Å². The van der Waals surface area contributed by atoms with Gasteiger partial charge in [0.25, 0.3) is 7.82 Å². The molecular weight excluding hydrogens is 972 g/mol. The Morgan fingerprint density at radius 1 is 0.455 bits per heavy atom. The van der Waals surface area contributed by atoms with Gasteiger partial charge in [-0.05, 0) is 51.4 Å². The van der Waals surface area contributed by atoms with E-state index in [0.29, 0.717) is 23.9 Å². The number of aliphatic hydroxyl groups is 1. The SMILES string of the molecule is CCCCCCC/C=C\C/C=C\C/C=C\CCCCCCCCCCCCCCCCCCCCC(=O)NC(COP(=O)([O-])OCC[N+](C)(C)C)C(O)CCCCCCCCCCCCCCCCCCCCCCCC. The van der Waals surface area contributed by atoms with Gasteiger partial charge in [-0.25, -0.2) is 0 Å². The number of rotatable bonds is 63. The van der Waals surface area contributed by atoms with E-state index in [9.17, 15) is 19.4 Å². The predicted molar refractivity (Wildman–Crippen MR) is 335 cm³/mol. The van der Waals surface area contributed by atoms with Crippen LogP contribution in [0.4, 0.5) is 0 Å². The molecule has 0 fully saturated rings. The molecule has 2 N–H and O–H groups in total. The van der Waals surface area contributed by atoms with Crippen LogP contribution < -0.4 is 10.2 Å². The molecule has 9 heteroatoms. The zero-order valence-electron chi connectivity index (χ0n) is 52.2. The highest BCUT2D eigenvalue weighted by Crippen LogP contribution is 2.38. The Balaban J connectivity index is 4.01. The van der Waals surface area contributed by atoms with Crippen LogP contribution in [-0.2, 0) is 18.4 Å². The second kappa shape index (κ2) is 59.3. The van der Waals surface area contributed by atoms with Crippen LogP contribution in [0.15, 0.2) is 36.5 Å². The maximum absolute atomic E-state index is 13.0. The molecule has 0 heterocycles. The van der Waals surface area contributed by atoms with E-state index in [1.165, 1.54) is 263 Å². The van der Waals surface area contributed by atoms with Crippen molar-refractivity contribution in [2.45, 2.75) is 353 Å². The van der Waals surface area contributed by atoms with Gasteiger partial charge in [0.1, 0.15) is 13.2 Å². The fraction of sp³-hybridized carbons (Fsp3) is 0.897. The van der Waals surface area contributed by atoms with Gasteiger partial charge in [0.05, 0.1) is 39.9 Å². The summed E-state index contributed by atoms with van der Waals surface area (Å²) in [6.07, 6.45) is 77.8. The Morgan fingerprint density at radius 2 is 0.753 bits per heavy atom. The van der Waals surface area contributed by atoms with Crippen LogP contribution in [0.2, 0.25) is 0 Å². The number of carbonyl (C=O) groups is 1. The molecule has 0 aromatic carbocycles. The molecule has 0 aliphatic rings. The van der Waals surface area contributed by atoms with Crippen molar-refractivity contribution in [1.29, 1.82) is 0 Å². The van der Waals surface area contributed by atoms with Gasteiger partial charge in [-0.2, -0.15) is 0 Å². The van der Waals surface area contributed by atoms with E-state index in [1.807, 2.05) is 21.1 Å². The van der Waals surface area contributed by atoms with Crippen molar-refractivity contribution in [1.82, 2.24) is 5.32 Å². The highest BCUT2D eigenvalue weighted by Gasteiger charge is 2.24. The lowest BCUT2D eigenvalue weighted by Gasteiger charge is -2.30. The zero-order chi connectivity index (χ0) is 56.3. The average Bonchev–Trinajstić information content (AvgIpc) is 3.39. The van der Waals surface area contributed by atoms with Gasteiger partial charge in [-0.3, -0.25) is 9.36 Å². The number of carbonyl (C=O) groups excluding carboxylic acids is 1. The lowest BCUT2D eigenvalue weighted by Crippen LogP contribution is -2.46. The fourth-order valence-electron chi connectivity index (χ4n) is 10.3. The summed E-state index contributed by atoms with van der Waals surface area (Å²) >= 11 is 0. The van der Waals surface area contributed by atoms with Crippen molar-refractivity contribution < 1.29 is 32.9 Å². The number of nitrogens with zero attached hydrogens (tertiary/aromatic N) is 1. The molecular formula is C68H133N2O6P. The van der Waals surface area contributed by atoms with Gasteiger partial charge >= 0.3 is 0 Å². The lowest BCUT2D eigenvalue weighted by atomic mass is 10.0. The van der Waals surface area contributed by atoms with Gasteiger partial charge in [0.2, 0.25) is 5.91 Å². The summed E-state index contributed by atoms with van der Waals surface area (Å²) in [6.45, 7) is 4.76. The minimum absolute atomic E-state index is 0.0140. The second-order valence-electron chi connectivity index (χ2n) is 24.5. The lowest BCUT2D eigenvalue weighted by molar-refractivity contribution is -0.870. The average molecular weight is 1110 g/mol. The summed E-state index contributed by atoms with van der Waals surface area (Å²) in [5.41, 5.74) is 0. The monoisotopic (exact) mass is 1100 g/mol. The number of likely N-dealkylation sites (N-methyl/N-ethyl adjacent to an activating group) is 1. The Morgan fingerprint density at radius 3 is 1.09 bits per heavy atom. The maximum atomic E-state index is 13.0. The van der Waals surface area contributed by atoms with Gasteiger partial charge in [0.15, 0.2) is 0 Å². The first-order valence-electron chi connectivity index (χ1n) is 33.8. The summed E-state index contributed by atoms with van der Waals surface area (Å²) in [6, 6.07) is -0.800. The third-order valence-corrected chi connectivity index (χ3v) is 16.6. The summed E-state index contributed by atoms with van der Waals surface area (Å²) in [7, 11) is 1.32. The number of phosphoric ester groups is 1. The van der Waals surface area contributed by atoms with Crippen molar-refractivity contribution in [3.63, 3.8) is 0 Å². The molecule has 8 nitrogen and oxygen atoms in total. The Hall–Kier alpha value is -1.28. The van der Waals surface area contributed by atoms with Crippen LogP contribution >= 0.6 is 7.82 Å². The smallest absolute Gasteiger partial charge is 0.268 e. The highest BCUT2D eigenvalue weighted by atomic mass is 31.2. The topological polar surface area (TPSA) is 108 Å². The van der Waals surface area contributed by atoms with Crippen molar-refractivity contribution in [2.24, 2.45) is 0 Å². The molecule has 0 saturated heterocycles. The molecule has 0 rings (SSSR count). The molecule has 0 aliphatic heterocycles. The number of phosphoric acid groups is 1. The molecule has 0 aromatic rings. The summed E-state index contributed by atoms with van der Waals surface area (Å²) in [5, 5.41) is 14.1. The highest BCUT2D eigenvalue weighted by molar-refractivity contribution is 7.45. The molecule has 3 atom stereocenters. The van der Waals surface area contributed by atoms with Crippen molar-refractivity contribution in [3.8, 4) is 0 Å². The molecule has 0 saturated carbocycles. The number of hydrogen-bond acceptors (Lipinski definition) is 6. The van der Waals surface area contributed by atoms with Gasteiger partial charge in [-0.15, -0.1) is 0 Å². The fourth-order valence-corrected chi connectivity index (χ4v) is 11.1. The van der Waals surface area contributed by atoms with Crippen LogP contribution in [0.1, 0.15) is 341 Å². The van der Waals surface area contributed by atoms with Gasteiger partial charge < -0.3 is 28.8 Å².